The van der Waals surface area contributed by atoms with Crippen LogP contribution in [-0.2, 0) is 58.7 Å². The van der Waals surface area contributed by atoms with Gasteiger partial charge in [0.25, 0.3) is 0 Å². The Kier molecular flexibility index (Phi) is 16.1. The summed E-state index contributed by atoms with van der Waals surface area (Å²) in [6.07, 6.45) is -14.1. The van der Waals surface area contributed by atoms with Gasteiger partial charge in [0.2, 0.25) is 6.29 Å². The number of benzene rings is 2. The Hall–Kier alpha value is -5.33. The number of phenolic OH excluding ortho intramolecular Hbond substituents is 4. The molecule has 61 heavy (non-hydrogen) atoms. The molecule has 0 saturated carbocycles. The first-order chi connectivity index (χ1) is 29.1. The van der Waals surface area contributed by atoms with Crippen LogP contribution in [0.25, 0.3) is 6.08 Å². The Balaban J connectivity index is 1.31. The maximum Gasteiger partial charge on any atom is 0.337 e. The largest absolute Gasteiger partial charge is 0.504 e. The van der Waals surface area contributed by atoms with Crippen molar-refractivity contribution in [3.8, 4) is 23.0 Å². The topological polar surface area (TPSA) is 327 Å². The number of hydrogen-bond donors (Lipinski definition) is 10. The zero-order valence-electron chi connectivity index (χ0n) is 32.7. The molecule has 2 aromatic carbocycles. The molecule has 0 amide bonds. The van der Waals surface area contributed by atoms with Crippen LogP contribution in [0.5, 0.6) is 23.0 Å². The summed E-state index contributed by atoms with van der Waals surface area (Å²) in [4.78, 5) is 39.4. The van der Waals surface area contributed by atoms with E-state index in [1.807, 2.05) is 0 Å². The van der Waals surface area contributed by atoms with Crippen LogP contribution in [-0.4, -0.2) is 164 Å². The highest BCUT2D eigenvalue weighted by atomic mass is 16.8. The monoisotopic (exact) mass is 864 g/mol. The van der Waals surface area contributed by atoms with Gasteiger partial charge in [0.15, 0.2) is 41.7 Å². The van der Waals surface area contributed by atoms with E-state index < -0.39 is 123 Å². The Morgan fingerprint density at radius 3 is 2.13 bits per heavy atom. The third-order valence-corrected chi connectivity index (χ3v) is 10.0. The highest BCUT2D eigenvalue weighted by Gasteiger charge is 2.49. The Labute approximate surface area is 347 Å². The van der Waals surface area contributed by atoms with Gasteiger partial charge in [0.1, 0.15) is 49.3 Å². The molecule has 0 bridgehead atoms. The number of aliphatic hydroxyl groups excluding tert-OH is 6. The van der Waals surface area contributed by atoms with Crippen molar-refractivity contribution >= 4 is 24.0 Å². The number of rotatable bonds is 15. The van der Waals surface area contributed by atoms with Crippen LogP contribution >= 0.6 is 0 Å². The van der Waals surface area contributed by atoms with Crippen molar-refractivity contribution in [2.45, 2.75) is 87.5 Å². The molecule has 0 radical (unpaired) electrons. The highest BCUT2D eigenvalue weighted by molar-refractivity contribution is 5.91. The van der Waals surface area contributed by atoms with Gasteiger partial charge in [-0.25, -0.2) is 9.59 Å². The van der Waals surface area contributed by atoms with E-state index in [1.54, 1.807) is 0 Å². The minimum Gasteiger partial charge on any atom is -0.504 e. The first-order valence-electron chi connectivity index (χ1n) is 18.8. The quantitative estimate of drug-likeness (QED) is 0.0333. The van der Waals surface area contributed by atoms with Gasteiger partial charge in [-0.3, -0.25) is 4.79 Å². The van der Waals surface area contributed by atoms with Crippen molar-refractivity contribution in [3.05, 3.63) is 77.1 Å². The van der Waals surface area contributed by atoms with Crippen molar-refractivity contribution in [3.63, 3.8) is 0 Å². The fourth-order valence-corrected chi connectivity index (χ4v) is 6.65. The zero-order valence-corrected chi connectivity index (χ0v) is 32.7. The van der Waals surface area contributed by atoms with Gasteiger partial charge in [-0.2, -0.15) is 0 Å². The smallest absolute Gasteiger partial charge is 0.337 e. The maximum absolute atomic E-state index is 13.6. The molecule has 21 nitrogen and oxygen atoms in total. The van der Waals surface area contributed by atoms with Crippen molar-refractivity contribution < 1.29 is 103 Å². The second-order valence-electron chi connectivity index (χ2n) is 14.0. The molecule has 2 saturated heterocycles. The molecule has 2 aromatic rings. The molecule has 0 aromatic heterocycles. The molecular weight excluding hydrogens is 816 g/mol. The van der Waals surface area contributed by atoms with Crippen LogP contribution in [0.1, 0.15) is 24.5 Å². The average Bonchev–Trinajstić information content (AvgIpc) is 3.24. The molecule has 5 rings (SSSR count). The number of allylic oxidation sites excluding steroid dienone is 1. The normalized spacial score (nSPS) is 31.0. The van der Waals surface area contributed by atoms with E-state index in [4.69, 9.17) is 37.9 Å². The van der Waals surface area contributed by atoms with Gasteiger partial charge in [-0.05, 0) is 54.8 Å². The van der Waals surface area contributed by atoms with Crippen molar-refractivity contribution in [1.29, 1.82) is 0 Å². The zero-order chi connectivity index (χ0) is 44.5. The van der Waals surface area contributed by atoms with E-state index in [-0.39, 0.29) is 41.2 Å². The summed E-state index contributed by atoms with van der Waals surface area (Å²) in [5, 5.41) is 101. The van der Waals surface area contributed by atoms with Crippen LogP contribution in [0, 0.1) is 5.92 Å². The third-order valence-electron chi connectivity index (χ3n) is 10.0. The molecular formula is C40H48O21. The Morgan fingerprint density at radius 1 is 0.803 bits per heavy atom. The van der Waals surface area contributed by atoms with Crippen LogP contribution < -0.4 is 0 Å². The van der Waals surface area contributed by atoms with Gasteiger partial charge in [0, 0.05) is 17.6 Å². The van der Waals surface area contributed by atoms with E-state index in [0.29, 0.717) is 5.56 Å². The highest BCUT2D eigenvalue weighted by Crippen LogP contribution is 2.37. The molecule has 12 unspecified atom stereocenters. The minimum absolute atomic E-state index is 0.125. The third kappa shape index (κ3) is 11.3. The molecule has 10 N–H and O–H groups in total. The number of hydrogen-bond acceptors (Lipinski definition) is 21. The fraction of sp³-hybridized carbons (Fsp3) is 0.475. The fourth-order valence-electron chi connectivity index (χ4n) is 6.65. The summed E-state index contributed by atoms with van der Waals surface area (Å²) in [6, 6.07) is 7.79. The van der Waals surface area contributed by atoms with Gasteiger partial charge in [-0.15, -0.1) is 0 Å². The molecule has 3 heterocycles. The van der Waals surface area contributed by atoms with Crippen LogP contribution in [0.2, 0.25) is 0 Å². The van der Waals surface area contributed by atoms with Crippen molar-refractivity contribution in [1.82, 2.24) is 0 Å². The van der Waals surface area contributed by atoms with Crippen molar-refractivity contribution in [2.75, 3.05) is 26.9 Å². The summed E-state index contributed by atoms with van der Waals surface area (Å²) in [5.74, 6) is -5.69. The van der Waals surface area contributed by atoms with E-state index in [0.717, 1.165) is 25.5 Å². The molecule has 21 heteroatoms. The predicted octanol–water partition coefficient (Wildman–Crippen LogP) is -1.13. The minimum atomic E-state index is -1.88. The van der Waals surface area contributed by atoms with Crippen LogP contribution in [0.15, 0.2) is 66.0 Å². The number of methoxy groups -OCH3 is 1. The predicted molar refractivity (Wildman–Crippen MR) is 201 cm³/mol. The molecule has 0 aliphatic carbocycles. The summed E-state index contributed by atoms with van der Waals surface area (Å²) in [7, 11) is 1.09. The van der Waals surface area contributed by atoms with E-state index in [9.17, 15) is 65.4 Å². The summed E-state index contributed by atoms with van der Waals surface area (Å²) >= 11 is 0. The number of ether oxygens (including phenoxy) is 8. The summed E-state index contributed by atoms with van der Waals surface area (Å²) in [6.45, 7) is -0.0961. The standard InChI is InChI=1S/C40H48O21/c1-3-20-21(22(37(53)54-2)16-57-38(20)61-40-34(51)32(49)31(48)27(15-41)58-40)14-30(47)56-17-28-36(60-29(46)9-6-18-4-7-23(42)25(44)12-18)33(50)35(52)39(59-28)55-11-10-19-5-8-24(43)26(45)13-19/h3-9,12-13,16,21,27-28,31-36,38-45,48-52H,10-11,14-15,17H2,1-2H3. The van der Waals surface area contributed by atoms with E-state index >= 15 is 0 Å². The lowest BCUT2D eigenvalue weighted by molar-refractivity contribution is -0.327. The summed E-state index contributed by atoms with van der Waals surface area (Å²) in [5.41, 5.74) is 0.773. The molecule has 3 aliphatic rings. The lowest BCUT2D eigenvalue weighted by atomic mass is 9.86. The van der Waals surface area contributed by atoms with Crippen LogP contribution in [0.4, 0.5) is 0 Å². The first kappa shape index (κ1) is 46.7. The Morgan fingerprint density at radius 2 is 1.48 bits per heavy atom. The number of phenols is 4. The van der Waals surface area contributed by atoms with Crippen LogP contribution in [0.3, 0.4) is 0 Å². The molecule has 2 fully saturated rings. The number of carbonyl (C=O) groups excluding carboxylic acids is 3. The number of carbonyl (C=O) groups is 3. The van der Waals surface area contributed by atoms with Crippen molar-refractivity contribution in [2.24, 2.45) is 5.92 Å². The van der Waals surface area contributed by atoms with Gasteiger partial charge < -0.3 is 89.0 Å². The Bertz CT molecular complexity index is 1940. The van der Waals surface area contributed by atoms with E-state index in [1.165, 1.54) is 49.4 Å². The second-order valence-corrected chi connectivity index (χ2v) is 14.0. The SMILES string of the molecule is CC=C1C(OC2OC(CO)C(O)C(O)C2O)OC=C(C(=O)OC)C1CC(=O)OCC1OC(OCCc2ccc(O)c(O)c2)C(O)C(O)C1OC(=O)C=Cc1ccc(O)c(O)c1. The van der Waals surface area contributed by atoms with Gasteiger partial charge in [-0.1, -0.05) is 18.2 Å². The number of aliphatic hydroxyl groups is 6. The lowest BCUT2D eigenvalue weighted by Gasteiger charge is -2.42. The number of esters is 3. The summed E-state index contributed by atoms with van der Waals surface area (Å²) < 4.78 is 44.2. The molecule has 0 spiro atoms. The van der Waals surface area contributed by atoms with E-state index in [2.05, 4.69) is 0 Å². The second kappa shape index (κ2) is 21.0. The first-order valence-corrected chi connectivity index (χ1v) is 18.8. The molecule has 334 valence electrons. The number of aromatic hydroxyl groups is 4. The average molecular weight is 865 g/mol. The molecule has 3 aliphatic heterocycles. The lowest BCUT2D eigenvalue weighted by Crippen LogP contribution is -2.60. The molecule has 12 atom stereocenters. The van der Waals surface area contributed by atoms with Gasteiger partial charge in [0.05, 0.1) is 38.6 Å². The maximum atomic E-state index is 13.6. The van der Waals surface area contributed by atoms with Gasteiger partial charge >= 0.3 is 17.9 Å².